The third-order valence-corrected chi connectivity index (χ3v) is 9.78. The van der Waals surface area contributed by atoms with Gasteiger partial charge in [0.2, 0.25) is 15.9 Å². The minimum Gasteiger partial charge on any atom is -0.325 e. The molecule has 0 fully saturated rings. The molecule has 4 rings (SSSR count). The number of aromatic nitrogens is 2. The molecule has 0 radical (unpaired) electrons. The maximum Gasteiger partial charge on any atom is 0.262 e. The van der Waals surface area contributed by atoms with Crippen LogP contribution >= 0.6 is 23.1 Å². The molecular weight excluding hydrogens is 480 g/mol. The van der Waals surface area contributed by atoms with Crippen LogP contribution in [0.4, 0.5) is 5.69 Å². The minimum atomic E-state index is -3.61. The van der Waals surface area contributed by atoms with Gasteiger partial charge in [-0.15, -0.1) is 11.3 Å². The van der Waals surface area contributed by atoms with Crippen LogP contribution in [0.25, 0.3) is 10.2 Å². The number of amides is 1. The summed E-state index contributed by atoms with van der Waals surface area (Å²) in [5.41, 5.74) is 2.26. The van der Waals surface area contributed by atoms with E-state index >= 15 is 0 Å². The largest absolute Gasteiger partial charge is 0.325 e. The van der Waals surface area contributed by atoms with Gasteiger partial charge in [0, 0.05) is 31.7 Å². The number of carbonyl (C=O) groups is 1. The number of carbonyl (C=O) groups excluding carboxylic acids is 1. The van der Waals surface area contributed by atoms with Gasteiger partial charge in [-0.1, -0.05) is 17.8 Å². The van der Waals surface area contributed by atoms with Gasteiger partial charge in [0.1, 0.15) is 4.83 Å². The first-order valence-corrected chi connectivity index (χ1v) is 13.8. The summed E-state index contributed by atoms with van der Waals surface area (Å²) in [6, 6.07) is 4.64. The zero-order valence-corrected chi connectivity index (χ0v) is 21.4. The van der Waals surface area contributed by atoms with Crippen molar-refractivity contribution in [2.75, 3.05) is 25.2 Å². The van der Waals surface area contributed by atoms with Crippen LogP contribution in [0, 0.1) is 6.92 Å². The lowest BCUT2D eigenvalue weighted by atomic mass is 9.97. The number of thiophene rings is 1. The molecule has 0 unspecified atom stereocenters. The summed E-state index contributed by atoms with van der Waals surface area (Å²) in [4.78, 5) is 32.4. The highest BCUT2D eigenvalue weighted by Crippen LogP contribution is 2.34. The Morgan fingerprint density at radius 3 is 2.73 bits per heavy atom. The molecule has 2 aromatic heterocycles. The van der Waals surface area contributed by atoms with E-state index in [0.29, 0.717) is 10.8 Å². The molecule has 33 heavy (non-hydrogen) atoms. The lowest BCUT2D eigenvalue weighted by molar-refractivity contribution is -0.113. The molecule has 2 heterocycles. The Kier molecular flexibility index (Phi) is 6.68. The Morgan fingerprint density at radius 2 is 2.00 bits per heavy atom. The van der Waals surface area contributed by atoms with Gasteiger partial charge < -0.3 is 5.32 Å². The molecule has 0 atom stereocenters. The van der Waals surface area contributed by atoms with E-state index in [1.54, 1.807) is 31.4 Å². The summed E-state index contributed by atoms with van der Waals surface area (Å²) in [6.45, 7) is 1.80. The van der Waals surface area contributed by atoms with Crippen molar-refractivity contribution in [2.24, 2.45) is 7.05 Å². The molecular formula is C22H26N4O4S3. The summed E-state index contributed by atoms with van der Waals surface area (Å²) >= 11 is 2.77. The number of aryl methyl sites for hydroxylation is 3. The van der Waals surface area contributed by atoms with Gasteiger partial charge in [0.05, 0.1) is 16.0 Å². The molecule has 0 saturated heterocycles. The number of fused-ring (bicyclic) bond motifs is 3. The van der Waals surface area contributed by atoms with Gasteiger partial charge in [0.15, 0.2) is 5.16 Å². The molecule has 3 aromatic rings. The average Bonchev–Trinajstić information content (AvgIpc) is 3.15. The summed E-state index contributed by atoms with van der Waals surface area (Å²) in [5, 5.41) is 4.00. The number of nitrogens with one attached hydrogen (secondary N) is 1. The third-order valence-electron chi connectivity index (χ3n) is 5.75. The molecule has 0 saturated carbocycles. The topological polar surface area (TPSA) is 101 Å². The van der Waals surface area contributed by atoms with E-state index in [-0.39, 0.29) is 22.1 Å². The number of nitrogens with zero attached hydrogens (tertiary/aromatic N) is 3. The fraction of sp³-hybridized carbons (Fsp3) is 0.409. The monoisotopic (exact) mass is 506 g/mol. The van der Waals surface area contributed by atoms with Crippen molar-refractivity contribution in [3.05, 3.63) is 44.6 Å². The number of benzene rings is 1. The summed E-state index contributed by atoms with van der Waals surface area (Å²) in [7, 11) is 0.993. The van der Waals surface area contributed by atoms with Crippen molar-refractivity contribution < 1.29 is 13.2 Å². The second-order valence-electron chi connectivity index (χ2n) is 8.25. The molecule has 0 bridgehead atoms. The quantitative estimate of drug-likeness (QED) is 0.407. The fourth-order valence-corrected chi connectivity index (χ4v) is 6.82. The molecule has 1 aliphatic carbocycles. The molecule has 176 valence electrons. The first-order valence-electron chi connectivity index (χ1n) is 10.6. The van der Waals surface area contributed by atoms with E-state index < -0.39 is 10.0 Å². The van der Waals surface area contributed by atoms with E-state index in [4.69, 9.17) is 0 Å². The van der Waals surface area contributed by atoms with Crippen LogP contribution in [0.3, 0.4) is 0 Å². The summed E-state index contributed by atoms with van der Waals surface area (Å²) < 4.78 is 27.5. The molecule has 0 aliphatic heterocycles. The normalized spacial score (nSPS) is 14.0. The lowest BCUT2D eigenvalue weighted by Gasteiger charge is -2.14. The number of hydrogen-bond acceptors (Lipinski definition) is 7. The summed E-state index contributed by atoms with van der Waals surface area (Å²) in [5.74, 6) is -0.261. The van der Waals surface area contributed by atoms with Crippen molar-refractivity contribution >= 4 is 54.9 Å². The van der Waals surface area contributed by atoms with E-state index in [0.717, 1.165) is 51.3 Å². The van der Waals surface area contributed by atoms with Crippen LogP contribution in [0.5, 0.6) is 0 Å². The van der Waals surface area contributed by atoms with E-state index in [1.807, 2.05) is 0 Å². The van der Waals surface area contributed by atoms with Gasteiger partial charge in [0.25, 0.3) is 5.56 Å². The highest BCUT2D eigenvalue weighted by Gasteiger charge is 2.22. The first kappa shape index (κ1) is 23.9. The van der Waals surface area contributed by atoms with Gasteiger partial charge in [-0.3, -0.25) is 14.2 Å². The molecule has 8 nitrogen and oxygen atoms in total. The van der Waals surface area contributed by atoms with Crippen molar-refractivity contribution in [1.29, 1.82) is 0 Å². The minimum absolute atomic E-state index is 0.0426. The van der Waals surface area contributed by atoms with E-state index in [9.17, 15) is 18.0 Å². The molecule has 1 aromatic carbocycles. The zero-order chi connectivity index (χ0) is 23.9. The maximum absolute atomic E-state index is 13.0. The summed E-state index contributed by atoms with van der Waals surface area (Å²) in [6.07, 6.45) is 4.14. The van der Waals surface area contributed by atoms with E-state index in [1.165, 1.54) is 47.4 Å². The van der Waals surface area contributed by atoms with Crippen LogP contribution < -0.4 is 10.9 Å². The van der Waals surface area contributed by atoms with Gasteiger partial charge in [-0.25, -0.2) is 17.7 Å². The van der Waals surface area contributed by atoms with Gasteiger partial charge >= 0.3 is 0 Å². The molecule has 0 spiro atoms. The van der Waals surface area contributed by atoms with E-state index in [2.05, 4.69) is 10.3 Å². The Bertz CT molecular complexity index is 1410. The van der Waals surface area contributed by atoms with Crippen LogP contribution in [-0.2, 0) is 34.7 Å². The predicted molar refractivity (Wildman–Crippen MR) is 133 cm³/mol. The standard InChI is InChI=1S/C22H26N4O4S3/c1-13-9-10-14(33(29,30)25(2)3)11-16(13)23-18(27)12-31-22-24-20-19(21(28)26(22)4)15-7-5-6-8-17(15)32-20/h9-11H,5-8,12H2,1-4H3,(H,23,27). The van der Waals surface area contributed by atoms with Crippen molar-refractivity contribution in [1.82, 2.24) is 13.9 Å². The van der Waals surface area contributed by atoms with Crippen LogP contribution in [0.1, 0.15) is 28.8 Å². The van der Waals surface area contributed by atoms with Crippen molar-refractivity contribution in [2.45, 2.75) is 42.7 Å². The highest BCUT2D eigenvalue weighted by atomic mass is 32.2. The molecule has 1 N–H and O–H groups in total. The Balaban J connectivity index is 1.53. The zero-order valence-electron chi connectivity index (χ0n) is 19.0. The molecule has 1 amide bonds. The smallest absolute Gasteiger partial charge is 0.262 e. The van der Waals surface area contributed by atoms with Crippen molar-refractivity contribution in [3.63, 3.8) is 0 Å². The number of sulfonamides is 1. The third kappa shape index (κ3) is 4.59. The van der Waals surface area contributed by atoms with Crippen molar-refractivity contribution in [3.8, 4) is 0 Å². The molecule has 1 aliphatic rings. The average molecular weight is 507 g/mol. The second kappa shape index (κ2) is 9.21. The fourth-order valence-electron chi connectivity index (χ4n) is 3.82. The van der Waals surface area contributed by atoms with Gasteiger partial charge in [-0.2, -0.15) is 0 Å². The Labute approximate surface area is 201 Å². The Hall–Kier alpha value is -2.21. The van der Waals surface area contributed by atoms with Gasteiger partial charge in [-0.05, 0) is 55.9 Å². The predicted octanol–water partition coefficient (Wildman–Crippen LogP) is 3.16. The number of rotatable bonds is 6. The van der Waals surface area contributed by atoms with Crippen LogP contribution in [-0.4, -0.2) is 48.0 Å². The number of hydrogen-bond donors (Lipinski definition) is 1. The number of thioether (sulfide) groups is 1. The lowest BCUT2D eigenvalue weighted by Crippen LogP contribution is -2.23. The SMILES string of the molecule is Cc1ccc(S(=O)(=O)N(C)C)cc1NC(=O)CSc1nc2sc3c(c2c(=O)n1C)CCCC3. The molecule has 11 heteroatoms. The first-order chi connectivity index (χ1) is 15.6. The number of anilines is 1. The maximum atomic E-state index is 13.0. The highest BCUT2D eigenvalue weighted by molar-refractivity contribution is 7.99. The van der Waals surface area contributed by atoms with Crippen LogP contribution in [0.15, 0.2) is 33.0 Å². The van der Waals surface area contributed by atoms with Crippen LogP contribution in [0.2, 0.25) is 0 Å². The second-order valence-corrected chi connectivity index (χ2v) is 12.4. The Morgan fingerprint density at radius 1 is 1.27 bits per heavy atom.